The zero-order valence-corrected chi connectivity index (χ0v) is 17.3. The van der Waals surface area contributed by atoms with Gasteiger partial charge < -0.3 is 10.1 Å². The lowest BCUT2D eigenvalue weighted by molar-refractivity contribution is -0.122. The van der Waals surface area contributed by atoms with E-state index < -0.39 is 16.0 Å². The summed E-state index contributed by atoms with van der Waals surface area (Å²) in [5.41, 5.74) is 1.99. The Hall–Kier alpha value is -2.72. The third-order valence-electron chi connectivity index (χ3n) is 4.21. The number of carbonyl (C=O) groups is 2. The van der Waals surface area contributed by atoms with E-state index in [0.29, 0.717) is 17.0 Å². The van der Waals surface area contributed by atoms with Gasteiger partial charge in [0.2, 0.25) is 15.9 Å². The predicted octanol–water partition coefficient (Wildman–Crippen LogP) is 0.853. The van der Waals surface area contributed by atoms with Crippen LogP contribution in [0, 0.1) is 13.8 Å². The number of ether oxygens (including phenoxy) is 1. The van der Waals surface area contributed by atoms with E-state index in [1.807, 2.05) is 0 Å². The number of hydrogen-bond acceptors (Lipinski definition) is 6. The topological polar surface area (TPSA) is 111 Å². The summed E-state index contributed by atoms with van der Waals surface area (Å²) in [4.78, 5) is 23.8. The molecule has 0 radical (unpaired) electrons. The van der Waals surface area contributed by atoms with Gasteiger partial charge in [-0.1, -0.05) is 12.1 Å². The summed E-state index contributed by atoms with van der Waals surface area (Å²) in [6.07, 6.45) is 0. The quantitative estimate of drug-likeness (QED) is 0.680. The van der Waals surface area contributed by atoms with Crippen molar-refractivity contribution in [1.82, 2.24) is 19.4 Å². The summed E-state index contributed by atoms with van der Waals surface area (Å²) in [6.45, 7) is 3.38. The Morgan fingerprint density at radius 1 is 1.18 bits per heavy atom. The number of hydrogen-bond donors (Lipinski definition) is 1. The summed E-state index contributed by atoms with van der Waals surface area (Å²) in [5.74, 6) is -0.736. The van der Waals surface area contributed by atoms with E-state index in [1.54, 1.807) is 38.1 Å². The lowest BCUT2D eigenvalue weighted by atomic mass is 10.1. The Morgan fingerprint density at radius 3 is 2.32 bits per heavy atom. The monoisotopic (exact) mass is 408 g/mol. The van der Waals surface area contributed by atoms with Gasteiger partial charge in [-0.3, -0.25) is 9.48 Å². The molecule has 0 saturated carbocycles. The molecule has 0 fully saturated rings. The van der Waals surface area contributed by atoms with Gasteiger partial charge in [-0.25, -0.2) is 17.5 Å². The number of esters is 1. The number of amides is 1. The maximum atomic E-state index is 12.4. The molecule has 1 aromatic carbocycles. The fraction of sp³-hybridized carbons (Fsp3) is 0.389. The minimum Gasteiger partial charge on any atom is -0.465 e. The largest absolute Gasteiger partial charge is 0.465 e. The first-order chi connectivity index (χ1) is 13.1. The van der Waals surface area contributed by atoms with Crippen LogP contribution in [0.25, 0.3) is 0 Å². The van der Waals surface area contributed by atoms with Crippen molar-refractivity contribution in [2.45, 2.75) is 31.8 Å². The van der Waals surface area contributed by atoms with Crippen LogP contribution in [-0.2, 0) is 32.6 Å². The van der Waals surface area contributed by atoms with Crippen LogP contribution in [0.4, 0.5) is 0 Å². The molecule has 0 aliphatic rings. The molecular formula is C18H24N4O5S. The van der Waals surface area contributed by atoms with Crippen molar-refractivity contribution in [2.24, 2.45) is 0 Å². The van der Waals surface area contributed by atoms with Crippen LogP contribution in [0.1, 0.15) is 27.3 Å². The standard InChI is InChI=1S/C18H24N4O5S/c1-12-17(28(25,26)21(3)4)13(2)22(20-12)11-16(23)19-10-14-6-8-15(9-7-14)18(24)27-5/h6-9H,10-11H2,1-5H3,(H,19,23). The van der Waals surface area contributed by atoms with Gasteiger partial charge in [0.25, 0.3) is 0 Å². The Balaban J connectivity index is 2.05. The van der Waals surface area contributed by atoms with Gasteiger partial charge in [-0.2, -0.15) is 5.10 Å². The summed E-state index contributed by atoms with van der Waals surface area (Å²) in [5, 5.41) is 6.94. The number of rotatable bonds is 7. The zero-order valence-electron chi connectivity index (χ0n) is 16.5. The number of aromatic nitrogens is 2. The molecular weight excluding hydrogens is 384 g/mol. The van der Waals surface area contributed by atoms with Gasteiger partial charge in [0, 0.05) is 20.6 Å². The van der Waals surface area contributed by atoms with E-state index >= 15 is 0 Å². The second-order valence-electron chi connectivity index (χ2n) is 6.41. The zero-order chi connectivity index (χ0) is 21.1. The first-order valence-corrected chi connectivity index (χ1v) is 9.92. The Morgan fingerprint density at radius 2 is 1.79 bits per heavy atom. The smallest absolute Gasteiger partial charge is 0.337 e. The van der Waals surface area contributed by atoms with Crippen molar-refractivity contribution in [1.29, 1.82) is 0 Å². The van der Waals surface area contributed by atoms with Crippen LogP contribution in [0.2, 0.25) is 0 Å². The van der Waals surface area contributed by atoms with E-state index in [9.17, 15) is 18.0 Å². The van der Waals surface area contributed by atoms with Crippen molar-refractivity contribution in [3.63, 3.8) is 0 Å². The van der Waals surface area contributed by atoms with Crippen molar-refractivity contribution in [3.8, 4) is 0 Å². The Bertz CT molecular complexity index is 978. The predicted molar refractivity (Wildman–Crippen MR) is 102 cm³/mol. The van der Waals surface area contributed by atoms with E-state index in [4.69, 9.17) is 0 Å². The number of aryl methyl sites for hydroxylation is 1. The average Bonchev–Trinajstić information content (AvgIpc) is 2.93. The van der Waals surface area contributed by atoms with Crippen molar-refractivity contribution < 1.29 is 22.7 Å². The van der Waals surface area contributed by atoms with E-state index in [1.165, 1.54) is 25.9 Å². The van der Waals surface area contributed by atoms with Crippen LogP contribution < -0.4 is 5.32 Å². The maximum Gasteiger partial charge on any atom is 0.337 e. The van der Waals surface area contributed by atoms with Gasteiger partial charge in [0.05, 0.1) is 24.1 Å². The fourth-order valence-corrected chi connectivity index (χ4v) is 3.92. The van der Waals surface area contributed by atoms with E-state index in [0.717, 1.165) is 9.87 Å². The molecule has 0 unspecified atom stereocenters. The molecule has 0 bridgehead atoms. The molecule has 1 aromatic heterocycles. The number of methoxy groups -OCH3 is 1. The number of nitrogens with one attached hydrogen (secondary N) is 1. The lowest BCUT2D eigenvalue weighted by Gasteiger charge is -2.12. The molecule has 1 N–H and O–H groups in total. The Kier molecular flexibility index (Phi) is 6.57. The number of nitrogens with zero attached hydrogens (tertiary/aromatic N) is 3. The highest BCUT2D eigenvalue weighted by atomic mass is 32.2. The molecule has 9 nitrogen and oxygen atoms in total. The first kappa shape index (κ1) is 21.6. The third-order valence-corrected chi connectivity index (χ3v) is 6.28. The van der Waals surface area contributed by atoms with Crippen LogP contribution in [0.5, 0.6) is 0 Å². The minimum absolute atomic E-state index is 0.101. The molecule has 1 heterocycles. The molecule has 1 amide bonds. The lowest BCUT2D eigenvalue weighted by Crippen LogP contribution is -2.28. The number of carbonyl (C=O) groups excluding carboxylic acids is 2. The van der Waals surface area contributed by atoms with Gasteiger partial charge in [0.1, 0.15) is 11.4 Å². The second kappa shape index (κ2) is 8.53. The average molecular weight is 408 g/mol. The van der Waals surface area contributed by atoms with Crippen LogP contribution in [-0.4, -0.2) is 55.6 Å². The Labute approximate surface area is 164 Å². The summed E-state index contributed by atoms with van der Waals surface area (Å²) < 4.78 is 32.0. The molecule has 2 aromatic rings. The molecule has 152 valence electrons. The highest BCUT2D eigenvalue weighted by Crippen LogP contribution is 2.21. The third kappa shape index (κ3) is 4.57. The fourth-order valence-electron chi connectivity index (χ4n) is 2.66. The molecule has 2 rings (SSSR count). The second-order valence-corrected chi connectivity index (χ2v) is 8.50. The summed E-state index contributed by atoms with van der Waals surface area (Å²) in [6, 6.07) is 6.68. The molecule has 10 heteroatoms. The minimum atomic E-state index is -3.64. The van der Waals surface area contributed by atoms with Gasteiger partial charge >= 0.3 is 5.97 Å². The van der Waals surface area contributed by atoms with Crippen LogP contribution >= 0.6 is 0 Å². The van der Waals surface area contributed by atoms with Crippen molar-refractivity contribution >= 4 is 21.9 Å². The number of benzene rings is 1. The van der Waals surface area contributed by atoms with Crippen molar-refractivity contribution in [2.75, 3.05) is 21.2 Å². The highest BCUT2D eigenvalue weighted by Gasteiger charge is 2.27. The highest BCUT2D eigenvalue weighted by molar-refractivity contribution is 7.89. The SMILES string of the molecule is COC(=O)c1ccc(CNC(=O)Cn2nc(C)c(S(=O)(=O)N(C)C)c2C)cc1. The summed E-state index contributed by atoms with van der Waals surface area (Å²) >= 11 is 0. The van der Waals surface area contributed by atoms with E-state index in [2.05, 4.69) is 15.2 Å². The van der Waals surface area contributed by atoms with Gasteiger partial charge in [-0.05, 0) is 31.5 Å². The maximum absolute atomic E-state index is 12.4. The van der Waals surface area contributed by atoms with Crippen LogP contribution in [0.15, 0.2) is 29.2 Å². The summed E-state index contributed by atoms with van der Waals surface area (Å²) in [7, 11) is 0.565. The molecule has 0 aliphatic carbocycles. The van der Waals surface area contributed by atoms with Crippen molar-refractivity contribution in [3.05, 3.63) is 46.8 Å². The van der Waals surface area contributed by atoms with E-state index in [-0.39, 0.29) is 23.9 Å². The normalized spacial score (nSPS) is 11.5. The van der Waals surface area contributed by atoms with Gasteiger partial charge in [-0.15, -0.1) is 0 Å². The first-order valence-electron chi connectivity index (χ1n) is 8.48. The molecule has 0 aliphatic heterocycles. The molecule has 0 saturated heterocycles. The molecule has 28 heavy (non-hydrogen) atoms. The molecule has 0 atom stereocenters. The van der Waals surface area contributed by atoms with Crippen LogP contribution in [0.3, 0.4) is 0 Å². The number of sulfonamides is 1. The van der Waals surface area contributed by atoms with Gasteiger partial charge in [0.15, 0.2) is 0 Å². The molecule has 0 spiro atoms.